The average molecular weight is 332 g/mol. The van der Waals surface area contributed by atoms with E-state index in [0.717, 1.165) is 19.3 Å². The molecule has 3 rings (SSSR count). The van der Waals surface area contributed by atoms with Crippen LogP contribution in [0.15, 0.2) is 0 Å². The minimum Gasteiger partial charge on any atom is -0.342 e. The molecule has 0 spiro atoms. The zero-order valence-electron chi connectivity index (χ0n) is 13.1. The fourth-order valence-corrected chi connectivity index (χ4v) is 3.67. The molecule has 0 N–H and O–H groups in total. The van der Waals surface area contributed by atoms with E-state index in [1.807, 2.05) is 0 Å². The Balaban J connectivity index is 1.59. The van der Waals surface area contributed by atoms with Crippen LogP contribution < -0.4 is 0 Å². The van der Waals surface area contributed by atoms with Crippen LogP contribution >= 0.6 is 0 Å². The molecule has 0 bridgehead atoms. The van der Waals surface area contributed by atoms with Gasteiger partial charge in [0.15, 0.2) is 0 Å². The summed E-state index contributed by atoms with van der Waals surface area (Å²) in [6.45, 7) is 1.22. The van der Waals surface area contributed by atoms with Crippen molar-refractivity contribution in [1.82, 2.24) is 9.80 Å². The Bertz CT molecular complexity index is 476. The molecule has 1 saturated carbocycles. The van der Waals surface area contributed by atoms with Crippen molar-refractivity contribution in [2.75, 3.05) is 26.2 Å². The first kappa shape index (κ1) is 16.6. The number of halogens is 3. The maximum atomic E-state index is 12.9. The number of carbonyl (C=O) groups is 2. The van der Waals surface area contributed by atoms with Crippen LogP contribution in [-0.4, -0.2) is 54.0 Å². The lowest BCUT2D eigenvalue weighted by atomic mass is 9.92. The highest BCUT2D eigenvalue weighted by Gasteiger charge is 2.44. The molecule has 0 radical (unpaired) electrons. The quantitative estimate of drug-likeness (QED) is 0.779. The first-order chi connectivity index (χ1) is 10.9. The fraction of sp³-hybridized carbons (Fsp3) is 0.875. The number of hydrogen-bond acceptors (Lipinski definition) is 2. The third-order valence-electron chi connectivity index (χ3n) is 5.20. The summed E-state index contributed by atoms with van der Waals surface area (Å²) >= 11 is 0. The molecule has 4 nitrogen and oxygen atoms in total. The third kappa shape index (κ3) is 3.80. The van der Waals surface area contributed by atoms with Gasteiger partial charge >= 0.3 is 6.18 Å². The SMILES string of the molecule is O=C(C1CC1)N1CCC[C@@H](C(=O)N2CCC[C@H](C(F)(F)F)C2)C1. The number of alkyl halides is 3. The van der Waals surface area contributed by atoms with Gasteiger partial charge in [-0.15, -0.1) is 0 Å². The highest BCUT2D eigenvalue weighted by Crippen LogP contribution is 2.35. The number of likely N-dealkylation sites (tertiary alicyclic amines) is 2. The molecular weight excluding hydrogens is 309 g/mol. The second-order valence-corrected chi connectivity index (χ2v) is 7.06. The Labute approximate surface area is 134 Å². The van der Waals surface area contributed by atoms with E-state index in [9.17, 15) is 22.8 Å². The fourth-order valence-electron chi connectivity index (χ4n) is 3.67. The van der Waals surface area contributed by atoms with Crippen LogP contribution in [-0.2, 0) is 9.59 Å². The summed E-state index contributed by atoms with van der Waals surface area (Å²) in [5.74, 6) is -1.71. The topological polar surface area (TPSA) is 40.6 Å². The van der Waals surface area contributed by atoms with Gasteiger partial charge < -0.3 is 9.80 Å². The van der Waals surface area contributed by atoms with E-state index in [1.165, 1.54) is 4.90 Å². The molecule has 0 aromatic rings. The second kappa shape index (κ2) is 6.32. The number of rotatable bonds is 2. The van der Waals surface area contributed by atoms with Crippen molar-refractivity contribution < 1.29 is 22.8 Å². The van der Waals surface area contributed by atoms with Crippen LogP contribution in [0.5, 0.6) is 0 Å². The van der Waals surface area contributed by atoms with E-state index in [1.54, 1.807) is 4.90 Å². The molecule has 1 aliphatic carbocycles. The van der Waals surface area contributed by atoms with Crippen LogP contribution in [0, 0.1) is 17.8 Å². The van der Waals surface area contributed by atoms with Crippen LogP contribution in [0.1, 0.15) is 38.5 Å². The Hall–Kier alpha value is -1.27. The first-order valence-corrected chi connectivity index (χ1v) is 8.50. The molecular formula is C16H23F3N2O2. The molecule has 23 heavy (non-hydrogen) atoms. The lowest BCUT2D eigenvalue weighted by molar-refractivity contribution is -0.189. The summed E-state index contributed by atoms with van der Waals surface area (Å²) in [7, 11) is 0. The monoisotopic (exact) mass is 332 g/mol. The molecule has 3 fully saturated rings. The minimum absolute atomic E-state index is 0.101. The molecule has 2 saturated heterocycles. The van der Waals surface area contributed by atoms with Crippen molar-refractivity contribution in [3.8, 4) is 0 Å². The van der Waals surface area contributed by atoms with Crippen molar-refractivity contribution in [1.29, 1.82) is 0 Å². The Morgan fingerprint density at radius 1 is 0.783 bits per heavy atom. The zero-order valence-corrected chi connectivity index (χ0v) is 13.1. The Morgan fingerprint density at radius 2 is 1.35 bits per heavy atom. The Kier molecular flexibility index (Phi) is 4.56. The van der Waals surface area contributed by atoms with Crippen LogP contribution in [0.4, 0.5) is 13.2 Å². The van der Waals surface area contributed by atoms with Crippen molar-refractivity contribution in [2.45, 2.75) is 44.7 Å². The Morgan fingerprint density at radius 3 is 1.96 bits per heavy atom. The summed E-state index contributed by atoms with van der Waals surface area (Å²) in [6, 6.07) is 0. The zero-order chi connectivity index (χ0) is 16.6. The highest BCUT2D eigenvalue weighted by atomic mass is 19.4. The van der Waals surface area contributed by atoms with Crippen LogP contribution in [0.3, 0.4) is 0 Å². The van der Waals surface area contributed by atoms with Crippen LogP contribution in [0.25, 0.3) is 0 Å². The number of piperidine rings is 2. The molecule has 2 amide bonds. The largest absolute Gasteiger partial charge is 0.393 e. The van der Waals surface area contributed by atoms with Gasteiger partial charge in [0.05, 0.1) is 11.8 Å². The van der Waals surface area contributed by atoms with Gasteiger partial charge in [-0.1, -0.05) is 0 Å². The van der Waals surface area contributed by atoms with Gasteiger partial charge in [-0.25, -0.2) is 0 Å². The number of amides is 2. The lowest BCUT2D eigenvalue weighted by Crippen LogP contribution is -2.51. The maximum absolute atomic E-state index is 12.9. The van der Waals surface area contributed by atoms with Gasteiger partial charge in [0.1, 0.15) is 0 Å². The van der Waals surface area contributed by atoms with E-state index in [0.29, 0.717) is 32.5 Å². The van der Waals surface area contributed by atoms with E-state index in [-0.39, 0.29) is 36.6 Å². The van der Waals surface area contributed by atoms with Gasteiger partial charge in [-0.2, -0.15) is 13.2 Å². The molecule has 130 valence electrons. The molecule has 2 heterocycles. The average Bonchev–Trinajstić information content (AvgIpc) is 3.38. The van der Waals surface area contributed by atoms with Crippen molar-refractivity contribution >= 4 is 11.8 Å². The number of carbonyl (C=O) groups excluding carboxylic acids is 2. The van der Waals surface area contributed by atoms with E-state index in [2.05, 4.69) is 0 Å². The van der Waals surface area contributed by atoms with Gasteiger partial charge in [-0.3, -0.25) is 9.59 Å². The predicted molar refractivity (Wildman–Crippen MR) is 77.4 cm³/mol. The maximum Gasteiger partial charge on any atom is 0.393 e. The molecule has 7 heteroatoms. The number of nitrogens with zero attached hydrogens (tertiary/aromatic N) is 2. The molecule has 0 aromatic carbocycles. The number of hydrogen-bond donors (Lipinski definition) is 0. The van der Waals surface area contributed by atoms with Gasteiger partial charge in [0.2, 0.25) is 11.8 Å². The molecule has 2 atom stereocenters. The molecule has 2 aliphatic heterocycles. The first-order valence-electron chi connectivity index (χ1n) is 8.50. The third-order valence-corrected chi connectivity index (χ3v) is 5.20. The van der Waals surface area contributed by atoms with E-state index >= 15 is 0 Å². The second-order valence-electron chi connectivity index (χ2n) is 7.06. The molecule has 0 unspecified atom stereocenters. The standard InChI is InChI=1S/C16H23F3N2O2/c17-16(18,19)13-4-2-8-21(10-13)15(23)12-3-1-7-20(9-12)14(22)11-5-6-11/h11-13H,1-10H2/t12-,13+/m1/s1. The van der Waals surface area contributed by atoms with E-state index < -0.39 is 12.1 Å². The van der Waals surface area contributed by atoms with Gasteiger partial charge in [-0.05, 0) is 38.5 Å². The smallest absolute Gasteiger partial charge is 0.342 e. The highest BCUT2D eigenvalue weighted by molar-refractivity contribution is 5.83. The van der Waals surface area contributed by atoms with Crippen molar-refractivity contribution in [3.05, 3.63) is 0 Å². The van der Waals surface area contributed by atoms with Crippen LogP contribution in [0.2, 0.25) is 0 Å². The summed E-state index contributed by atoms with van der Waals surface area (Å²) in [6.07, 6.45) is -0.469. The summed E-state index contributed by atoms with van der Waals surface area (Å²) < 4.78 is 38.7. The van der Waals surface area contributed by atoms with E-state index in [4.69, 9.17) is 0 Å². The molecule has 0 aromatic heterocycles. The van der Waals surface area contributed by atoms with Gasteiger partial charge in [0, 0.05) is 32.1 Å². The lowest BCUT2D eigenvalue weighted by Gasteiger charge is -2.38. The normalized spacial score (nSPS) is 29.5. The summed E-state index contributed by atoms with van der Waals surface area (Å²) in [4.78, 5) is 27.9. The minimum atomic E-state index is -4.24. The van der Waals surface area contributed by atoms with Crippen molar-refractivity contribution in [3.63, 3.8) is 0 Å². The molecule has 3 aliphatic rings. The summed E-state index contributed by atoms with van der Waals surface area (Å²) in [5, 5.41) is 0. The predicted octanol–water partition coefficient (Wildman–Crippen LogP) is 2.44. The van der Waals surface area contributed by atoms with Gasteiger partial charge in [0.25, 0.3) is 0 Å². The summed E-state index contributed by atoms with van der Waals surface area (Å²) in [5.41, 5.74) is 0. The van der Waals surface area contributed by atoms with Crippen molar-refractivity contribution in [2.24, 2.45) is 17.8 Å².